The number of carboxylic acids is 1. The highest BCUT2D eigenvalue weighted by Gasteiger charge is 2.28. The average molecular weight is 289 g/mol. The molecule has 1 fully saturated rings. The van der Waals surface area contributed by atoms with Crippen LogP contribution >= 0.6 is 0 Å². The highest BCUT2D eigenvalue weighted by molar-refractivity contribution is 6.01. The summed E-state index contributed by atoms with van der Waals surface area (Å²) in [6.45, 7) is 0.190. The van der Waals surface area contributed by atoms with E-state index in [0.717, 1.165) is 11.6 Å². The summed E-state index contributed by atoms with van der Waals surface area (Å²) in [7, 11) is 1.49. The van der Waals surface area contributed by atoms with Crippen LogP contribution in [-0.4, -0.2) is 34.9 Å². The number of amides is 2. The van der Waals surface area contributed by atoms with Crippen molar-refractivity contribution in [2.24, 2.45) is 0 Å². The molecule has 0 aromatic heterocycles. The number of benzene rings is 1. The molecule has 0 bridgehead atoms. The summed E-state index contributed by atoms with van der Waals surface area (Å²) >= 11 is 0. The Kier molecular flexibility index (Phi) is 4.37. The van der Waals surface area contributed by atoms with Gasteiger partial charge in [-0.2, -0.15) is 0 Å². The van der Waals surface area contributed by atoms with E-state index < -0.39 is 5.97 Å². The van der Waals surface area contributed by atoms with Gasteiger partial charge in [0.25, 0.3) is 0 Å². The maximum Gasteiger partial charge on any atom is 0.328 e. The van der Waals surface area contributed by atoms with Crippen LogP contribution in [0.1, 0.15) is 24.0 Å². The number of nitrogens with zero attached hydrogens (tertiary/aromatic N) is 1. The number of imide groups is 1. The maximum atomic E-state index is 11.6. The summed E-state index contributed by atoms with van der Waals surface area (Å²) in [5, 5.41) is 8.68. The predicted molar refractivity (Wildman–Crippen MR) is 74.5 cm³/mol. The number of carbonyl (C=O) groups is 3. The normalized spacial score (nSPS) is 15.0. The number of aliphatic carboxylic acids is 1. The van der Waals surface area contributed by atoms with E-state index in [1.54, 1.807) is 18.2 Å². The topological polar surface area (TPSA) is 83.9 Å². The van der Waals surface area contributed by atoms with Crippen molar-refractivity contribution in [1.82, 2.24) is 4.90 Å². The molecular weight excluding hydrogens is 274 g/mol. The Balaban J connectivity index is 2.25. The Morgan fingerprint density at radius 2 is 2.00 bits per heavy atom. The molecule has 1 N–H and O–H groups in total. The van der Waals surface area contributed by atoms with Crippen molar-refractivity contribution in [3.05, 3.63) is 35.4 Å². The lowest BCUT2D eigenvalue weighted by Gasteiger charge is -2.15. The quantitative estimate of drug-likeness (QED) is 0.655. The third-order valence-corrected chi connectivity index (χ3v) is 3.20. The van der Waals surface area contributed by atoms with E-state index in [0.29, 0.717) is 11.3 Å². The molecule has 0 atom stereocenters. The molecule has 1 aliphatic heterocycles. The van der Waals surface area contributed by atoms with Crippen LogP contribution in [0.2, 0.25) is 0 Å². The van der Waals surface area contributed by atoms with Crippen LogP contribution in [0.15, 0.2) is 24.3 Å². The van der Waals surface area contributed by atoms with Crippen molar-refractivity contribution in [2.75, 3.05) is 7.11 Å². The molecule has 1 aromatic rings. The first-order chi connectivity index (χ1) is 10.0. The zero-order valence-electron chi connectivity index (χ0n) is 11.5. The summed E-state index contributed by atoms with van der Waals surface area (Å²) in [6.07, 6.45) is 2.92. The van der Waals surface area contributed by atoms with Gasteiger partial charge in [0.15, 0.2) is 0 Å². The number of carboxylic acid groups (broad SMARTS) is 1. The number of ether oxygens (including phenoxy) is 1. The summed E-state index contributed by atoms with van der Waals surface area (Å²) < 4.78 is 5.15. The largest absolute Gasteiger partial charge is 0.496 e. The van der Waals surface area contributed by atoms with E-state index in [9.17, 15) is 14.4 Å². The van der Waals surface area contributed by atoms with E-state index in [1.807, 2.05) is 0 Å². The Bertz CT molecular complexity index is 604. The summed E-state index contributed by atoms with van der Waals surface area (Å²) in [4.78, 5) is 35.0. The first-order valence-corrected chi connectivity index (χ1v) is 6.42. The van der Waals surface area contributed by atoms with E-state index in [-0.39, 0.29) is 31.2 Å². The van der Waals surface area contributed by atoms with Crippen LogP contribution in [0.4, 0.5) is 0 Å². The van der Waals surface area contributed by atoms with E-state index in [2.05, 4.69) is 0 Å². The Labute approximate surface area is 121 Å². The van der Waals surface area contributed by atoms with Gasteiger partial charge in [0, 0.05) is 24.5 Å². The summed E-state index contributed by atoms with van der Waals surface area (Å²) in [5.41, 5.74) is 1.32. The van der Waals surface area contributed by atoms with Gasteiger partial charge in [-0.3, -0.25) is 14.5 Å². The lowest BCUT2D eigenvalue weighted by atomic mass is 10.1. The van der Waals surface area contributed by atoms with Gasteiger partial charge >= 0.3 is 5.97 Å². The molecule has 21 heavy (non-hydrogen) atoms. The van der Waals surface area contributed by atoms with Crippen LogP contribution in [0, 0.1) is 0 Å². The van der Waals surface area contributed by atoms with Crippen molar-refractivity contribution in [3.63, 3.8) is 0 Å². The van der Waals surface area contributed by atoms with Crippen molar-refractivity contribution in [1.29, 1.82) is 0 Å². The Morgan fingerprint density at radius 1 is 1.33 bits per heavy atom. The third-order valence-electron chi connectivity index (χ3n) is 3.20. The first-order valence-electron chi connectivity index (χ1n) is 6.42. The molecule has 0 radical (unpaired) electrons. The van der Waals surface area contributed by atoms with E-state index >= 15 is 0 Å². The number of carbonyl (C=O) groups excluding carboxylic acids is 2. The van der Waals surface area contributed by atoms with Gasteiger partial charge in [-0.1, -0.05) is 6.07 Å². The van der Waals surface area contributed by atoms with Gasteiger partial charge in [-0.15, -0.1) is 0 Å². The second kappa shape index (κ2) is 6.21. The lowest BCUT2D eigenvalue weighted by molar-refractivity contribution is -0.139. The smallest absolute Gasteiger partial charge is 0.328 e. The fourth-order valence-corrected chi connectivity index (χ4v) is 2.16. The standard InChI is InChI=1S/C15H15NO5/c1-21-12-4-2-10(8-11(12)3-7-15(19)20)9-16-13(17)5-6-14(16)18/h2-4,7-8H,5-6,9H2,1H3,(H,19,20). The monoisotopic (exact) mass is 289 g/mol. The number of hydrogen-bond donors (Lipinski definition) is 1. The predicted octanol–water partition coefficient (Wildman–Crippen LogP) is 1.44. The van der Waals surface area contributed by atoms with Crippen molar-refractivity contribution < 1.29 is 24.2 Å². The average Bonchev–Trinajstić information content (AvgIpc) is 2.77. The summed E-state index contributed by atoms with van der Waals surface area (Å²) in [5.74, 6) is -0.903. The molecule has 1 saturated heterocycles. The Morgan fingerprint density at radius 3 is 2.57 bits per heavy atom. The maximum absolute atomic E-state index is 11.6. The van der Waals surface area contributed by atoms with Crippen LogP contribution in [0.5, 0.6) is 5.75 Å². The molecule has 1 heterocycles. The molecular formula is C15H15NO5. The van der Waals surface area contributed by atoms with Gasteiger partial charge in [0.2, 0.25) is 11.8 Å². The van der Waals surface area contributed by atoms with Gasteiger partial charge in [0.05, 0.1) is 13.7 Å². The molecule has 0 saturated carbocycles. The van der Waals surface area contributed by atoms with Crippen molar-refractivity contribution >= 4 is 23.9 Å². The number of likely N-dealkylation sites (tertiary alicyclic amines) is 1. The molecule has 0 aliphatic carbocycles. The molecule has 6 nitrogen and oxygen atoms in total. The molecule has 2 rings (SSSR count). The van der Waals surface area contributed by atoms with Gasteiger partial charge in [0.1, 0.15) is 5.75 Å². The minimum absolute atomic E-state index is 0.182. The van der Waals surface area contributed by atoms with E-state index in [1.165, 1.54) is 18.1 Å². The number of methoxy groups -OCH3 is 1. The van der Waals surface area contributed by atoms with Gasteiger partial charge in [-0.05, 0) is 23.8 Å². The van der Waals surface area contributed by atoms with Crippen molar-refractivity contribution in [3.8, 4) is 5.75 Å². The molecule has 1 aliphatic rings. The zero-order valence-corrected chi connectivity index (χ0v) is 11.5. The van der Waals surface area contributed by atoms with Gasteiger partial charge in [-0.25, -0.2) is 4.79 Å². The lowest BCUT2D eigenvalue weighted by Crippen LogP contribution is -2.28. The second-order valence-corrected chi connectivity index (χ2v) is 4.62. The fourth-order valence-electron chi connectivity index (χ4n) is 2.16. The fraction of sp³-hybridized carbons (Fsp3) is 0.267. The van der Waals surface area contributed by atoms with Crippen LogP contribution in [0.3, 0.4) is 0 Å². The molecule has 110 valence electrons. The molecule has 6 heteroatoms. The zero-order chi connectivity index (χ0) is 15.4. The van der Waals surface area contributed by atoms with Crippen LogP contribution in [0.25, 0.3) is 6.08 Å². The number of rotatable bonds is 5. The number of hydrogen-bond acceptors (Lipinski definition) is 4. The SMILES string of the molecule is COc1ccc(CN2C(=O)CCC2=O)cc1C=CC(=O)O. The van der Waals surface area contributed by atoms with Crippen LogP contribution < -0.4 is 4.74 Å². The second-order valence-electron chi connectivity index (χ2n) is 4.62. The van der Waals surface area contributed by atoms with Crippen molar-refractivity contribution in [2.45, 2.75) is 19.4 Å². The van der Waals surface area contributed by atoms with Gasteiger partial charge < -0.3 is 9.84 Å². The summed E-state index contributed by atoms with van der Waals surface area (Å²) in [6, 6.07) is 5.13. The highest BCUT2D eigenvalue weighted by Crippen LogP contribution is 2.23. The highest BCUT2D eigenvalue weighted by atomic mass is 16.5. The molecule has 0 unspecified atom stereocenters. The first kappa shape index (κ1) is 14.8. The molecule has 1 aromatic carbocycles. The third kappa shape index (κ3) is 3.47. The minimum Gasteiger partial charge on any atom is -0.496 e. The minimum atomic E-state index is -1.06. The molecule has 0 spiro atoms. The molecule has 2 amide bonds. The van der Waals surface area contributed by atoms with Crippen LogP contribution in [-0.2, 0) is 20.9 Å². The van der Waals surface area contributed by atoms with E-state index in [4.69, 9.17) is 9.84 Å². The Hall–Kier alpha value is -2.63.